The van der Waals surface area contributed by atoms with Crippen molar-refractivity contribution in [1.29, 1.82) is 0 Å². The third kappa shape index (κ3) is 8.45. The van der Waals surface area contributed by atoms with Gasteiger partial charge in [0.25, 0.3) is 5.91 Å². The van der Waals surface area contributed by atoms with Crippen LogP contribution in [0.3, 0.4) is 0 Å². The molecule has 0 spiro atoms. The van der Waals surface area contributed by atoms with Crippen molar-refractivity contribution < 1.29 is 4.79 Å². The molecule has 0 radical (unpaired) electrons. The van der Waals surface area contributed by atoms with Crippen LogP contribution in [0.2, 0.25) is 0 Å². The Bertz CT molecular complexity index is 673. The molecule has 144 valence electrons. The van der Waals surface area contributed by atoms with Crippen LogP contribution in [0.5, 0.6) is 0 Å². The molecule has 1 amide bonds. The van der Waals surface area contributed by atoms with Crippen LogP contribution < -0.4 is 16.0 Å². The maximum atomic E-state index is 11.8. The average molecular weight is 507 g/mol. The first kappa shape index (κ1) is 22.8. The summed E-state index contributed by atoms with van der Waals surface area (Å²) >= 11 is 3.13. The summed E-state index contributed by atoms with van der Waals surface area (Å²) in [6.07, 6.45) is 1.69. The maximum Gasteiger partial charge on any atom is 0.261 e. The minimum atomic E-state index is -0.0115. The predicted molar refractivity (Wildman–Crippen MR) is 121 cm³/mol. The van der Waals surface area contributed by atoms with Crippen molar-refractivity contribution in [3.05, 3.63) is 38.5 Å². The number of aliphatic imine (C=N–C) groups is 1. The second-order valence-corrected chi connectivity index (χ2v) is 7.39. The Hall–Kier alpha value is -1.20. The molecular weight excluding hydrogens is 481 g/mol. The van der Waals surface area contributed by atoms with E-state index >= 15 is 0 Å². The molecule has 3 N–H and O–H groups in total. The molecule has 9 heteroatoms. The summed E-state index contributed by atoms with van der Waals surface area (Å²) < 4.78 is 0. The number of aryl methyl sites for hydroxylation is 1. The molecular formula is C17H26IN5OS2. The van der Waals surface area contributed by atoms with Gasteiger partial charge in [-0.3, -0.25) is 9.79 Å². The highest BCUT2D eigenvalue weighted by molar-refractivity contribution is 14.0. The number of hydrogen-bond donors (Lipinski definition) is 3. The van der Waals surface area contributed by atoms with Crippen molar-refractivity contribution in [1.82, 2.24) is 20.9 Å². The normalized spacial score (nSPS) is 10.9. The van der Waals surface area contributed by atoms with E-state index in [9.17, 15) is 4.79 Å². The van der Waals surface area contributed by atoms with Gasteiger partial charge in [0.1, 0.15) is 0 Å². The van der Waals surface area contributed by atoms with E-state index in [0.717, 1.165) is 47.5 Å². The topological polar surface area (TPSA) is 78.4 Å². The van der Waals surface area contributed by atoms with E-state index in [2.05, 4.69) is 31.3 Å². The SMILES string of the molecule is CCNC(=NCCCNC(=O)c1cccs1)NCCc1csc(C)n1.I. The summed E-state index contributed by atoms with van der Waals surface area (Å²) in [6.45, 7) is 6.96. The van der Waals surface area contributed by atoms with Crippen molar-refractivity contribution in [3.8, 4) is 0 Å². The number of nitrogens with one attached hydrogen (secondary N) is 3. The van der Waals surface area contributed by atoms with E-state index in [-0.39, 0.29) is 29.9 Å². The zero-order valence-corrected chi connectivity index (χ0v) is 19.0. The van der Waals surface area contributed by atoms with Gasteiger partial charge in [-0.2, -0.15) is 0 Å². The number of guanidine groups is 1. The second-order valence-electron chi connectivity index (χ2n) is 5.38. The zero-order chi connectivity index (χ0) is 17.9. The van der Waals surface area contributed by atoms with Gasteiger partial charge in [0.15, 0.2) is 5.96 Å². The molecule has 0 fully saturated rings. The lowest BCUT2D eigenvalue weighted by molar-refractivity contribution is 0.0957. The number of amides is 1. The fourth-order valence-electron chi connectivity index (χ4n) is 2.14. The van der Waals surface area contributed by atoms with Crippen LogP contribution >= 0.6 is 46.7 Å². The van der Waals surface area contributed by atoms with Crippen LogP contribution in [0.15, 0.2) is 27.9 Å². The van der Waals surface area contributed by atoms with Gasteiger partial charge >= 0.3 is 0 Å². The van der Waals surface area contributed by atoms with E-state index in [1.54, 1.807) is 11.3 Å². The van der Waals surface area contributed by atoms with Crippen molar-refractivity contribution in [2.75, 3.05) is 26.2 Å². The Morgan fingerprint density at radius 1 is 1.23 bits per heavy atom. The van der Waals surface area contributed by atoms with Gasteiger partial charge in [-0.25, -0.2) is 4.98 Å². The first-order chi connectivity index (χ1) is 12.2. The number of aromatic nitrogens is 1. The lowest BCUT2D eigenvalue weighted by Crippen LogP contribution is -2.38. The molecule has 0 aliphatic heterocycles. The molecule has 6 nitrogen and oxygen atoms in total. The molecule has 0 aliphatic rings. The highest BCUT2D eigenvalue weighted by Crippen LogP contribution is 2.08. The molecule has 2 rings (SSSR count). The quantitative estimate of drug-likeness (QED) is 0.211. The van der Waals surface area contributed by atoms with Crippen LogP contribution in [-0.2, 0) is 6.42 Å². The van der Waals surface area contributed by atoms with E-state index in [4.69, 9.17) is 0 Å². The fourth-order valence-corrected chi connectivity index (χ4v) is 3.43. The molecule has 0 aliphatic carbocycles. The summed E-state index contributed by atoms with van der Waals surface area (Å²) in [6, 6.07) is 3.71. The number of halogens is 1. The average Bonchev–Trinajstić information content (AvgIpc) is 3.26. The number of nitrogens with zero attached hydrogens (tertiary/aromatic N) is 2. The highest BCUT2D eigenvalue weighted by Gasteiger charge is 2.04. The molecule has 0 aromatic carbocycles. The summed E-state index contributed by atoms with van der Waals surface area (Å²) in [5.74, 6) is 0.793. The fraction of sp³-hybridized carbons (Fsp3) is 0.471. The monoisotopic (exact) mass is 507 g/mol. The second kappa shape index (κ2) is 13.0. The summed E-state index contributed by atoms with van der Waals surface area (Å²) in [7, 11) is 0. The number of hydrogen-bond acceptors (Lipinski definition) is 5. The Morgan fingerprint density at radius 2 is 2.08 bits per heavy atom. The van der Waals surface area contributed by atoms with Gasteiger partial charge < -0.3 is 16.0 Å². The van der Waals surface area contributed by atoms with Crippen LogP contribution in [-0.4, -0.2) is 43.0 Å². The van der Waals surface area contributed by atoms with Crippen molar-refractivity contribution >= 4 is 58.5 Å². The Balaban J connectivity index is 0.00000338. The van der Waals surface area contributed by atoms with Gasteiger partial charge in [0.2, 0.25) is 0 Å². The smallest absolute Gasteiger partial charge is 0.261 e. The van der Waals surface area contributed by atoms with Crippen LogP contribution in [0, 0.1) is 6.92 Å². The van der Waals surface area contributed by atoms with Gasteiger partial charge in [-0.1, -0.05) is 6.07 Å². The number of thiazole rings is 1. The van der Waals surface area contributed by atoms with Gasteiger partial charge in [-0.05, 0) is 31.7 Å². The minimum Gasteiger partial charge on any atom is -0.357 e. The number of thiophene rings is 1. The molecule has 0 bridgehead atoms. The van der Waals surface area contributed by atoms with Crippen molar-refractivity contribution in [3.63, 3.8) is 0 Å². The minimum absolute atomic E-state index is 0. The lowest BCUT2D eigenvalue weighted by atomic mass is 10.3. The Labute approximate surface area is 179 Å². The molecule has 26 heavy (non-hydrogen) atoms. The van der Waals surface area contributed by atoms with Crippen LogP contribution in [0.25, 0.3) is 0 Å². The number of carbonyl (C=O) groups is 1. The van der Waals surface area contributed by atoms with Gasteiger partial charge in [0.05, 0.1) is 15.6 Å². The van der Waals surface area contributed by atoms with E-state index in [0.29, 0.717) is 13.1 Å². The van der Waals surface area contributed by atoms with Crippen molar-refractivity contribution in [2.24, 2.45) is 4.99 Å². The first-order valence-corrected chi connectivity index (χ1v) is 10.2. The third-order valence-electron chi connectivity index (χ3n) is 3.32. The molecule has 0 atom stereocenters. The lowest BCUT2D eigenvalue weighted by Gasteiger charge is -2.10. The summed E-state index contributed by atoms with van der Waals surface area (Å²) in [4.78, 5) is 21.6. The summed E-state index contributed by atoms with van der Waals surface area (Å²) in [5.41, 5.74) is 1.11. The van der Waals surface area contributed by atoms with E-state index in [1.807, 2.05) is 31.4 Å². The molecule has 2 aromatic heterocycles. The standard InChI is InChI=1S/C17H25N5OS2.HI/c1-3-18-17(21-10-7-14-12-25-13(2)22-14)20-9-5-8-19-16(23)15-6-4-11-24-15;/h4,6,11-12H,3,5,7-10H2,1-2H3,(H,19,23)(H2,18,20,21);1H. The van der Waals surface area contributed by atoms with Crippen LogP contribution in [0.4, 0.5) is 0 Å². The molecule has 2 aromatic rings. The van der Waals surface area contributed by atoms with E-state index < -0.39 is 0 Å². The molecule has 0 unspecified atom stereocenters. The largest absolute Gasteiger partial charge is 0.357 e. The Kier molecular flexibility index (Phi) is 11.5. The molecule has 0 saturated carbocycles. The number of rotatable bonds is 9. The van der Waals surface area contributed by atoms with Crippen molar-refractivity contribution in [2.45, 2.75) is 26.7 Å². The Morgan fingerprint density at radius 3 is 2.73 bits per heavy atom. The van der Waals surface area contributed by atoms with Crippen LogP contribution in [0.1, 0.15) is 33.7 Å². The molecule has 2 heterocycles. The molecule has 0 saturated heterocycles. The van der Waals surface area contributed by atoms with E-state index in [1.165, 1.54) is 11.3 Å². The van der Waals surface area contributed by atoms with Gasteiger partial charge in [-0.15, -0.1) is 46.7 Å². The third-order valence-corrected chi connectivity index (χ3v) is 5.01. The first-order valence-electron chi connectivity index (χ1n) is 8.44. The predicted octanol–water partition coefficient (Wildman–Crippen LogP) is 3.05. The van der Waals surface area contributed by atoms with Gasteiger partial charge in [0, 0.05) is 38.0 Å². The zero-order valence-electron chi connectivity index (χ0n) is 15.1. The highest BCUT2D eigenvalue weighted by atomic mass is 127. The summed E-state index contributed by atoms with van der Waals surface area (Å²) in [5, 5.41) is 14.6. The maximum absolute atomic E-state index is 11.8. The number of carbonyl (C=O) groups excluding carboxylic acids is 1.